The smallest absolute Gasteiger partial charge is 1.00 e. The van der Waals surface area contributed by atoms with Gasteiger partial charge in [-0.15, -0.1) is 0 Å². The van der Waals surface area contributed by atoms with Crippen LogP contribution in [-0.2, 0) is 26.7 Å². The van der Waals surface area contributed by atoms with Gasteiger partial charge in [-0.25, -0.2) is 0 Å². The molecule has 0 atom stereocenters. The van der Waals surface area contributed by atoms with E-state index in [0.717, 1.165) is 6.92 Å². The maximum absolute atomic E-state index is 9.00. The molecule has 0 aliphatic heterocycles. The molecule has 0 aliphatic carbocycles. The van der Waals surface area contributed by atoms with Crippen LogP contribution in [0.15, 0.2) is 0 Å². The van der Waals surface area contributed by atoms with Crippen molar-refractivity contribution in [3.05, 3.63) is 6.92 Å². The van der Waals surface area contributed by atoms with E-state index in [9.17, 15) is 0 Å². The van der Waals surface area contributed by atoms with E-state index < -0.39 is 11.9 Å². The van der Waals surface area contributed by atoms with Gasteiger partial charge < -0.3 is 11.6 Å². The van der Waals surface area contributed by atoms with Crippen LogP contribution >= 0.6 is 0 Å². The Bertz CT molecular complexity index is 80.1. The fourth-order valence-electron chi connectivity index (χ4n) is 0. The number of carboxylic acids is 2. The molecule has 0 aromatic carbocycles. The third kappa shape index (κ3) is 610. The van der Waals surface area contributed by atoms with Crippen LogP contribution < -0.4 is 51.4 Å². The Morgan fingerprint density at radius 2 is 1.40 bits per heavy atom. The standard InChI is InChI=1S/C2H4O2.C2H3O2.Cu.K.H/c2*1-2(3)4;;;/h1H3,(H,3,4);1H2,(H,3,4);;;/q;-1;2*+1;-1. The number of carbonyl (C=O) groups is 2. The molecular weight excluding hydrogens is 215 g/mol. The van der Waals surface area contributed by atoms with E-state index in [2.05, 4.69) is 6.92 Å². The Kier molecular flexibility index (Phi) is 37.1. The van der Waals surface area contributed by atoms with Gasteiger partial charge in [0.2, 0.25) is 0 Å². The molecule has 0 amide bonds. The summed E-state index contributed by atoms with van der Waals surface area (Å²) in [5.41, 5.74) is 0. The number of carboxylic acid groups (broad SMARTS) is 2. The van der Waals surface area contributed by atoms with Gasteiger partial charge in [-0.05, 0) is 0 Å². The molecule has 6 heteroatoms. The average Bonchev–Trinajstić information content (AvgIpc) is 1.25. The SMILES string of the molecule is CC(=O)O.[CH2-]C(=O)O.[Cu+].[H-].[K+]. The summed E-state index contributed by atoms with van der Waals surface area (Å²) in [6.07, 6.45) is 0. The van der Waals surface area contributed by atoms with Gasteiger partial charge in [0.1, 0.15) is 0 Å². The van der Waals surface area contributed by atoms with Gasteiger partial charge in [0, 0.05) is 6.92 Å². The fourth-order valence-corrected chi connectivity index (χ4v) is 0. The van der Waals surface area contributed by atoms with Crippen LogP contribution in [0.3, 0.4) is 0 Å². The first-order valence-electron chi connectivity index (χ1n) is 1.71. The summed E-state index contributed by atoms with van der Waals surface area (Å²) in [5.74, 6) is -1.92. The second kappa shape index (κ2) is 16.5. The maximum Gasteiger partial charge on any atom is 1.00 e. The van der Waals surface area contributed by atoms with Crippen molar-refractivity contribution in [3.63, 3.8) is 0 Å². The molecular formula is C4H8CuKO4. The molecule has 0 aromatic heterocycles. The van der Waals surface area contributed by atoms with Gasteiger partial charge in [-0.1, -0.05) is 0 Å². The minimum atomic E-state index is -1.08. The van der Waals surface area contributed by atoms with Crippen molar-refractivity contribution in [2.24, 2.45) is 0 Å². The molecule has 0 unspecified atom stereocenters. The first kappa shape index (κ1) is 22.4. The molecule has 0 rings (SSSR count). The van der Waals surface area contributed by atoms with Gasteiger partial charge in [0.25, 0.3) is 5.97 Å². The van der Waals surface area contributed by atoms with E-state index >= 15 is 0 Å². The van der Waals surface area contributed by atoms with E-state index in [1.165, 1.54) is 0 Å². The molecule has 0 aromatic rings. The Hall–Kier alpha value is 0.966. The average molecular weight is 223 g/mol. The number of aliphatic carboxylic acids is 2. The van der Waals surface area contributed by atoms with E-state index in [4.69, 9.17) is 19.8 Å². The van der Waals surface area contributed by atoms with Crippen LogP contribution in [0.2, 0.25) is 0 Å². The summed E-state index contributed by atoms with van der Waals surface area (Å²) in [6, 6.07) is 0. The summed E-state index contributed by atoms with van der Waals surface area (Å²) in [6.45, 7) is 3.64. The molecule has 60 valence electrons. The zero-order valence-electron chi connectivity index (χ0n) is 6.72. The van der Waals surface area contributed by atoms with Gasteiger partial charge in [0.15, 0.2) is 5.97 Å². The minimum Gasteiger partial charge on any atom is -1.00 e. The minimum absolute atomic E-state index is 0. The van der Waals surface area contributed by atoms with Crippen molar-refractivity contribution in [3.8, 4) is 0 Å². The predicted molar refractivity (Wildman–Crippen MR) is 27.4 cm³/mol. The Morgan fingerprint density at radius 3 is 1.40 bits per heavy atom. The zero-order chi connectivity index (χ0) is 7.15. The second-order valence-corrected chi connectivity index (χ2v) is 0.913. The van der Waals surface area contributed by atoms with Crippen molar-refractivity contribution >= 4 is 11.9 Å². The van der Waals surface area contributed by atoms with Crippen LogP contribution in [0.1, 0.15) is 8.35 Å². The Labute approximate surface area is 114 Å². The fraction of sp³-hybridized carbons (Fsp3) is 0.250. The molecule has 4 nitrogen and oxygen atoms in total. The molecule has 0 fully saturated rings. The Morgan fingerprint density at radius 1 is 1.40 bits per heavy atom. The molecule has 0 saturated carbocycles. The summed E-state index contributed by atoms with van der Waals surface area (Å²) >= 11 is 0. The third-order valence-electron chi connectivity index (χ3n) is 0. The van der Waals surface area contributed by atoms with Crippen molar-refractivity contribution in [1.29, 1.82) is 0 Å². The predicted octanol–water partition coefficient (Wildman–Crippen LogP) is -2.89. The van der Waals surface area contributed by atoms with Crippen molar-refractivity contribution in [2.75, 3.05) is 0 Å². The molecule has 0 radical (unpaired) electrons. The quantitative estimate of drug-likeness (QED) is 0.341. The molecule has 0 aliphatic rings. The van der Waals surface area contributed by atoms with Crippen LogP contribution in [0, 0.1) is 6.92 Å². The van der Waals surface area contributed by atoms with Gasteiger partial charge >= 0.3 is 68.5 Å². The molecule has 10 heavy (non-hydrogen) atoms. The first-order valence-corrected chi connectivity index (χ1v) is 1.71. The summed E-state index contributed by atoms with van der Waals surface area (Å²) in [7, 11) is 0. The first-order chi connectivity index (χ1) is 3.46. The number of hydrogen-bond acceptors (Lipinski definition) is 2. The van der Waals surface area contributed by atoms with Gasteiger partial charge in [-0.2, -0.15) is 0 Å². The topological polar surface area (TPSA) is 74.6 Å². The van der Waals surface area contributed by atoms with Gasteiger partial charge in [-0.3, -0.25) is 16.5 Å². The van der Waals surface area contributed by atoms with Crippen LogP contribution in [-0.4, -0.2) is 22.2 Å². The summed E-state index contributed by atoms with van der Waals surface area (Å²) < 4.78 is 0. The van der Waals surface area contributed by atoms with E-state index in [1.54, 1.807) is 0 Å². The van der Waals surface area contributed by atoms with Gasteiger partial charge in [0.05, 0.1) is 0 Å². The second-order valence-electron chi connectivity index (χ2n) is 0.913. The van der Waals surface area contributed by atoms with Crippen LogP contribution in [0.25, 0.3) is 0 Å². The molecule has 0 saturated heterocycles. The van der Waals surface area contributed by atoms with Crippen LogP contribution in [0.4, 0.5) is 0 Å². The molecule has 0 spiro atoms. The van der Waals surface area contributed by atoms with E-state index in [-0.39, 0.29) is 69.9 Å². The van der Waals surface area contributed by atoms with Crippen molar-refractivity contribution in [2.45, 2.75) is 6.92 Å². The number of rotatable bonds is 0. The van der Waals surface area contributed by atoms with Crippen molar-refractivity contribution in [1.82, 2.24) is 0 Å². The van der Waals surface area contributed by atoms with Crippen LogP contribution in [0.5, 0.6) is 0 Å². The monoisotopic (exact) mass is 222 g/mol. The zero-order valence-corrected chi connectivity index (χ0v) is 9.78. The molecule has 0 heterocycles. The van der Waals surface area contributed by atoms with Crippen molar-refractivity contribution < 1.29 is 89.7 Å². The third-order valence-corrected chi connectivity index (χ3v) is 0. The molecule has 2 N–H and O–H groups in total. The Balaban J connectivity index is -0.0000000171. The number of hydrogen-bond donors (Lipinski definition) is 2. The van der Waals surface area contributed by atoms with E-state index in [1.807, 2.05) is 0 Å². The largest absolute Gasteiger partial charge is 1.00 e. The summed E-state index contributed by atoms with van der Waals surface area (Å²) in [5, 5.41) is 14.7. The summed E-state index contributed by atoms with van der Waals surface area (Å²) in [4.78, 5) is 17.9. The maximum atomic E-state index is 9.00. The van der Waals surface area contributed by atoms with E-state index in [0.29, 0.717) is 0 Å². The molecule has 0 bridgehead atoms. The normalized spacial score (nSPS) is 4.90.